The van der Waals surface area contributed by atoms with Gasteiger partial charge in [0.2, 0.25) is 0 Å². The summed E-state index contributed by atoms with van der Waals surface area (Å²) in [6.07, 6.45) is 7.33. The molecule has 0 aromatic carbocycles. The summed E-state index contributed by atoms with van der Waals surface area (Å²) in [5, 5.41) is 3.65. The molecule has 1 saturated carbocycles. The zero-order valence-electron chi connectivity index (χ0n) is 13.5. The molecule has 0 amide bonds. The van der Waals surface area contributed by atoms with Crippen LogP contribution in [0.4, 0.5) is 0 Å². The van der Waals surface area contributed by atoms with Crippen molar-refractivity contribution in [2.75, 3.05) is 19.6 Å². The molecule has 0 aromatic rings. The zero-order valence-corrected chi connectivity index (χ0v) is 13.5. The van der Waals surface area contributed by atoms with Gasteiger partial charge in [0.05, 0.1) is 0 Å². The number of hydrogen-bond donors (Lipinski definition) is 1. The highest BCUT2D eigenvalue weighted by atomic mass is 15.2. The van der Waals surface area contributed by atoms with Gasteiger partial charge in [0.15, 0.2) is 0 Å². The molecule has 2 fully saturated rings. The Morgan fingerprint density at radius 3 is 2.68 bits per heavy atom. The van der Waals surface area contributed by atoms with Crippen molar-refractivity contribution in [2.24, 2.45) is 17.8 Å². The molecule has 112 valence electrons. The second-order valence-electron chi connectivity index (χ2n) is 7.54. The van der Waals surface area contributed by atoms with Crippen molar-refractivity contribution in [3.8, 4) is 0 Å². The van der Waals surface area contributed by atoms with Crippen molar-refractivity contribution in [1.82, 2.24) is 10.2 Å². The van der Waals surface area contributed by atoms with Gasteiger partial charge in [-0.25, -0.2) is 0 Å². The minimum atomic E-state index is 0.667. The molecule has 1 saturated heterocycles. The highest BCUT2D eigenvalue weighted by Gasteiger charge is 2.28. The van der Waals surface area contributed by atoms with Gasteiger partial charge < -0.3 is 5.32 Å². The zero-order chi connectivity index (χ0) is 13.8. The van der Waals surface area contributed by atoms with Crippen LogP contribution in [-0.2, 0) is 0 Å². The summed E-state index contributed by atoms with van der Waals surface area (Å²) >= 11 is 0. The lowest BCUT2D eigenvalue weighted by molar-refractivity contribution is 0.0912. The van der Waals surface area contributed by atoms with Gasteiger partial charge in [0, 0.05) is 25.2 Å². The average Bonchev–Trinajstić information content (AvgIpc) is 2.36. The van der Waals surface area contributed by atoms with Crippen molar-refractivity contribution < 1.29 is 0 Å². The molecule has 2 nitrogen and oxygen atoms in total. The number of rotatable bonds is 4. The maximum atomic E-state index is 3.65. The fraction of sp³-hybridized carbons (Fsp3) is 1.00. The van der Waals surface area contributed by atoms with Crippen LogP contribution in [-0.4, -0.2) is 36.6 Å². The summed E-state index contributed by atoms with van der Waals surface area (Å²) in [6.45, 7) is 13.3. The maximum Gasteiger partial charge on any atom is 0.0244 e. The first-order chi connectivity index (χ1) is 9.06. The molecule has 0 bridgehead atoms. The first-order valence-electron chi connectivity index (χ1n) is 8.53. The van der Waals surface area contributed by atoms with Gasteiger partial charge in [-0.1, -0.05) is 40.0 Å². The second-order valence-corrected chi connectivity index (χ2v) is 7.54. The Labute approximate surface area is 120 Å². The molecule has 0 spiro atoms. The van der Waals surface area contributed by atoms with E-state index in [0.717, 1.165) is 23.8 Å². The van der Waals surface area contributed by atoms with E-state index in [4.69, 9.17) is 0 Å². The Kier molecular flexibility index (Phi) is 5.70. The first kappa shape index (κ1) is 15.3. The van der Waals surface area contributed by atoms with Gasteiger partial charge in [-0.2, -0.15) is 0 Å². The predicted molar refractivity (Wildman–Crippen MR) is 83.4 cm³/mol. The van der Waals surface area contributed by atoms with Crippen LogP contribution in [0.1, 0.15) is 59.8 Å². The Hall–Kier alpha value is -0.0800. The van der Waals surface area contributed by atoms with E-state index in [1.165, 1.54) is 51.7 Å². The van der Waals surface area contributed by atoms with Crippen LogP contribution in [0.25, 0.3) is 0 Å². The predicted octanol–water partition coefficient (Wildman–Crippen LogP) is 3.52. The Balaban J connectivity index is 1.81. The van der Waals surface area contributed by atoms with Crippen LogP contribution in [0.3, 0.4) is 0 Å². The normalized spacial score (nSPS) is 37.7. The Morgan fingerprint density at radius 1 is 1.21 bits per heavy atom. The number of piperazine rings is 1. The number of hydrogen-bond acceptors (Lipinski definition) is 2. The number of nitrogens with one attached hydrogen (secondary N) is 1. The van der Waals surface area contributed by atoms with Gasteiger partial charge in [0.1, 0.15) is 0 Å². The van der Waals surface area contributed by atoms with Crippen LogP contribution < -0.4 is 5.32 Å². The molecule has 1 heterocycles. The molecule has 4 unspecified atom stereocenters. The van der Waals surface area contributed by atoms with Gasteiger partial charge in [0.25, 0.3) is 0 Å². The van der Waals surface area contributed by atoms with E-state index in [0.29, 0.717) is 6.04 Å². The Morgan fingerprint density at radius 2 is 2.00 bits per heavy atom. The highest BCUT2D eigenvalue weighted by Crippen LogP contribution is 2.31. The largest absolute Gasteiger partial charge is 0.311 e. The molecule has 1 aliphatic carbocycles. The summed E-state index contributed by atoms with van der Waals surface area (Å²) in [7, 11) is 0. The minimum Gasteiger partial charge on any atom is -0.311 e. The highest BCUT2D eigenvalue weighted by molar-refractivity contribution is 4.86. The quantitative estimate of drug-likeness (QED) is 0.837. The smallest absolute Gasteiger partial charge is 0.0244 e. The standard InChI is InChI=1S/C17H34N2/c1-13(2)17-11-18-15(4)12-19(17)9-8-16-7-5-6-14(3)10-16/h13-18H,5-12H2,1-4H3. The topological polar surface area (TPSA) is 15.3 Å². The first-order valence-corrected chi connectivity index (χ1v) is 8.53. The van der Waals surface area contributed by atoms with E-state index in [1.54, 1.807) is 0 Å². The summed E-state index contributed by atoms with van der Waals surface area (Å²) in [5.74, 6) is 2.74. The summed E-state index contributed by atoms with van der Waals surface area (Å²) < 4.78 is 0. The molecule has 2 heteroatoms. The Bertz CT molecular complexity index is 264. The van der Waals surface area contributed by atoms with E-state index in [1.807, 2.05) is 0 Å². The van der Waals surface area contributed by atoms with E-state index in [9.17, 15) is 0 Å². The third kappa shape index (κ3) is 4.46. The second kappa shape index (κ2) is 7.08. The van der Waals surface area contributed by atoms with E-state index in [-0.39, 0.29) is 0 Å². The van der Waals surface area contributed by atoms with E-state index < -0.39 is 0 Å². The van der Waals surface area contributed by atoms with Gasteiger partial charge in [-0.3, -0.25) is 4.90 Å². The van der Waals surface area contributed by atoms with Crippen LogP contribution in [0.2, 0.25) is 0 Å². The lowest BCUT2D eigenvalue weighted by atomic mass is 9.80. The molecule has 0 radical (unpaired) electrons. The molecule has 4 atom stereocenters. The summed E-state index contributed by atoms with van der Waals surface area (Å²) in [4.78, 5) is 2.77. The number of nitrogens with zero attached hydrogens (tertiary/aromatic N) is 1. The minimum absolute atomic E-state index is 0.667. The summed E-state index contributed by atoms with van der Waals surface area (Å²) in [6, 6.07) is 1.41. The van der Waals surface area contributed by atoms with Gasteiger partial charge in [-0.15, -0.1) is 0 Å². The lowest BCUT2D eigenvalue weighted by Crippen LogP contribution is -2.57. The van der Waals surface area contributed by atoms with Crippen molar-refractivity contribution in [2.45, 2.75) is 71.9 Å². The van der Waals surface area contributed by atoms with Gasteiger partial charge >= 0.3 is 0 Å². The monoisotopic (exact) mass is 266 g/mol. The molecular formula is C17H34N2. The average molecular weight is 266 g/mol. The fourth-order valence-electron chi connectivity index (χ4n) is 4.09. The third-order valence-electron chi connectivity index (χ3n) is 5.29. The van der Waals surface area contributed by atoms with E-state index >= 15 is 0 Å². The molecule has 0 aromatic heterocycles. The van der Waals surface area contributed by atoms with Crippen LogP contribution in [0.5, 0.6) is 0 Å². The van der Waals surface area contributed by atoms with Crippen molar-refractivity contribution in [3.63, 3.8) is 0 Å². The molecular weight excluding hydrogens is 232 g/mol. The molecule has 1 N–H and O–H groups in total. The van der Waals surface area contributed by atoms with Crippen LogP contribution >= 0.6 is 0 Å². The third-order valence-corrected chi connectivity index (χ3v) is 5.29. The fourth-order valence-corrected chi connectivity index (χ4v) is 4.09. The van der Waals surface area contributed by atoms with Crippen LogP contribution in [0.15, 0.2) is 0 Å². The van der Waals surface area contributed by atoms with Gasteiger partial charge in [-0.05, 0) is 44.1 Å². The lowest BCUT2D eigenvalue weighted by Gasteiger charge is -2.42. The van der Waals surface area contributed by atoms with E-state index in [2.05, 4.69) is 37.9 Å². The molecule has 2 aliphatic rings. The maximum absolute atomic E-state index is 3.65. The molecule has 1 aliphatic heterocycles. The molecule has 19 heavy (non-hydrogen) atoms. The van der Waals surface area contributed by atoms with Crippen LogP contribution in [0, 0.1) is 17.8 Å². The SMILES string of the molecule is CC1CCCC(CCN2CC(C)NCC2C(C)C)C1. The summed E-state index contributed by atoms with van der Waals surface area (Å²) in [5.41, 5.74) is 0. The van der Waals surface area contributed by atoms with Crippen molar-refractivity contribution in [3.05, 3.63) is 0 Å². The van der Waals surface area contributed by atoms with Crippen molar-refractivity contribution >= 4 is 0 Å². The molecule has 2 rings (SSSR count). The van der Waals surface area contributed by atoms with Crippen molar-refractivity contribution in [1.29, 1.82) is 0 Å².